The van der Waals surface area contributed by atoms with E-state index in [9.17, 15) is 14.4 Å². The summed E-state index contributed by atoms with van der Waals surface area (Å²) in [6.07, 6.45) is 3.14. The molecule has 128 valence electrons. The number of anilines is 1. The summed E-state index contributed by atoms with van der Waals surface area (Å²) in [6.45, 7) is 3.95. The van der Waals surface area contributed by atoms with Gasteiger partial charge in [0.1, 0.15) is 0 Å². The number of aromatic nitrogens is 1. The standard InChI is InChI=1S/C18H18N4O3/c1-2-10-20-16(23)14-8-3-4-9-15(14)22-18(25)17(24)21-12-13-7-5-6-11-19-13/h2-9,11H,1,10,12H2,(H,20,23)(H,21,24)(H,22,25). The summed E-state index contributed by atoms with van der Waals surface area (Å²) >= 11 is 0. The quantitative estimate of drug-likeness (QED) is 0.545. The maximum atomic E-state index is 12.1. The van der Waals surface area contributed by atoms with Crippen LogP contribution in [-0.4, -0.2) is 29.3 Å². The van der Waals surface area contributed by atoms with Gasteiger partial charge in [-0.3, -0.25) is 19.4 Å². The predicted octanol–water partition coefficient (Wildman–Crippen LogP) is 1.25. The fourth-order valence-electron chi connectivity index (χ4n) is 1.98. The molecular formula is C18H18N4O3. The molecule has 0 aliphatic carbocycles. The fourth-order valence-corrected chi connectivity index (χ4v) is 1.98. The Bertz CT molecular complexity index is 775. The third-order valence-corrected chi connectivity index (χ3v) is 3.19. The van der Waals surface area contributed by atoms with E-state index in [0.29, 0.717) is 12.2 Å². The van der Waals surface area contributed by atoms with Gasteiger partial charge in [-0.2, -0.15) is 0 Å². The molecule has 0 spiro atoms. The largest absolute Gasteiger partial charge is 0.349 e. The molecule has 1 heterocycles. The van der Waals surface area contributed by atoms with E-state index >= 15 is 0 Å². The van der Waals surface area contributed by atoms with Crippen LogP contribution in [0.25, 0.3) is 0 Å². The first-order valence-electron chi connectivity index (χ1n) is 7.59. The van der Waals surface area contributed by atoms with Crippen molar-refractivity contribution >= 4 is 23.4 Å². The third-order valence-electron chi connectivity index (χ3n) is 3.19. The van der Waals surface area contributed by atoms with Gasteiger partial charge in [0.15, 0.2) is 0 Å². The summed E-state index contributed by atoms with van der Waals surface area (Å²) in [5.74, 6) is -2.04. The van der Waals surface area contributed by atoms with Crippen molar-refractivity contribution in [2.24, 2.45) is 0 Å². The number of para-hydroxylation sites is 1. The number of hydrogen-bond donors (Lipinski definition) is 3. The van der Waals surface area contributed by atoms with Gasteiger partial charge in [0, 0.05) is 12.7 Å². The van der Waals surface area contributed by atoms with Crippen molar-refractivity contribution < 1.29 is 14.4 Å². The Hall–Kier alpha value is -3.48. The third kappa shape index (κ3) is 5.28. The van der Waals surface area contributed by atoms with Crippen LogP contribution in [0.5, 0.6) is 0 Å². The number of carbonyl (C=O) groups excluding carboxylic acids is 3. The second-order valence-electron chi connectivity index (χ2n) is 5.00. The van der Waals surface area contributed by atoms with E-state index in [1.807, 2.05) is 0 Å². The zero-order valence-electron chi connectivity index (χ0n) is 13.5. The van der Waals surface area contributed by atoms with E-state index in [1.54, 1.807) is 54.7 Å². The predicted molar refractivity (Wildman–Crippen MR) is 93.7 cm³/mol. The molecule has 0 unspecified atom stereocenters. The van der Waals surface area contributed by atoms with E-state index in [0.717, 1.165) is 0 Å². The van der Waals surface area contributed by atoms with Gasteiger partial charge in [-0.15, -0.1) is 6.58 Å². The number of amides is 3. The molecule has 0 fully saturated rings. The molecular weight excluding hydrogens is 320 g/mol. The van der Waals surface area contributed by atoms with Crippen LogP contribution in [0.2, 0.25) is 0 Å². The maximum absolute atomic E-state index is 12.1. The van der Waals surface area contributed by atoms with Crippen molar-refractivity contribution in [1.29, 1.82) is 0 Å². The molecule has 1 aromatic heterocycles. The molecule has 3 N–H and O–H groups in total. The monoisotopic (exact) mass is 338 g/mol. The number of nitrogens with one attached hydrogen (secondary N) is 3. The summed E-state index contributed by atoms with van der Waals surface area (Å²) in [5.41, 5.74) is 1.14. The van der Waals surface area contributed by atoms with E-state index in [1.165, 1.54) is 0 Å². The Labute approximate surface area is 145 Å². The highest BCUT2D eigenvalue weighted by Crippen LogP contribution is 2.14. The zero-order valence-corrected chi connectivity index (χ0v) is 13.5. The molecule has 2 rings (SSSR count). The second-order valence-corrected chi connectivity index (χ2v) is 5.00. The minimum absolute atomic E-state index is 0.133. The Kier molecular flexibility index (Phi) is 6.41. The maximum Gasteiger partial charge on any atom is 0.313 e. The van der Waals surface area contributed by atoms with E-state index in [4.69, 9.17) is 0 Å². The lowest BCUT2D eigenvalue weighted by atomic mass is 10.1. The van der Waals surface area contributed by atoms with Crippen molar-refractivity contribution in [3.05, 3.63) is 72.6 Å². The number of pyridine rings is 1. The lowest BCUT2D eigenvalue weighted by Gasteiger charge is -2.10. The van der Waals surface area contributed by atoms with Crippen molar-refractivity contribution in [3.63, 3.8) is 0 Å². The van der Waals surface area contributed by atoms with Crippen LogP contribution in [0.4, 0.5) is 5.69 Å². The van der Waals surface area contributed by atoms with Crippen LogP contribution < -0.4 is 16.0 Å². The van der Waals surface area contributed by atoms with E-state index in [-0.39, 0.29) is 23.7 Å². The highest BCUT2D eigenvalue weighted by Gasteiger charge is 2.17. The Morgan fingerprint density at radius 3 is 2.48 bits per heavy atom. The summed E-state index contributed by atoms with van der Waals surface area (Å²) in [6, 6.07) is 11.7. The summed E-state index contributed by atoms with van der Waals surface area (Å²) in [5, 5.41) is 7.54. The van der Waals surface area contributed by atoms with Crippen LogP contribution >= 0.6 is 0 Å². The van der Waals surface area contributed by atoms with Gasteiger partial charge < -0.3 is 16.0 Å². The Balaban J connectivity index is 1.98. The SMILES string of the molecule is C=CCNC(=O)c1ccccc1NC(=O)C(=O)NCc1ccccn1. The molecule has 0 aliphatic heterocycles. The van der Waals surface area contributed by atoms with Gasteiger partial charge in [0.2, 0.25) is 0 Å². The second kappa shape index (κ2) is 8.97. The Morgan fingerprint density at radius 1 is 1.00 bits per heavy atom. The van der Waals surface area contributed by atoms with Gasteiger partial charge in [0.25, 0.3) is 5.91 Å². The van der Waals surface area contributed by atoms with Gasteiger partial charge in [-0.25, -0.2) is 0 Å². The molecule has 25 heavy (non-hydrogen) atoms. The lowest BCUT2D eigenvalue weighted by molar-refractivity contribution is -0.136. The average Bonchev–Trinajstić information content (AvgIpc) is 2.65. The van der Waals surface area contributed by atoms with Crippen molar-refractivity contribution in [1.82, 2.24) is 15.6 Å². The van der Waals surface area contributed by atoms with Crippen LogP contribution in [-0.2, 0) is 16.1 Å². The molecule has 0 aliphatic rings. The highest BCUT2D eigenvalue weighted by atomic mass is 16.2. The molecule has 7 nitrogen and oxygen atoms in total. The van der Waals surface area contributed by atoms with Crippen LogP contribution in [0.3, 0.4) is 0 Å². The van der Waals surface area contributed by atoms with Crippen molar-refractivity contribution in [2.75, 3.05) is 11.9 Å². The number of hydrogen-bond acceptors (Lipinski definition) is 4. The molecule has 1 aromatic carbocycles. The van der Waals surface area contributed by atoms with Crippen molar-refractivity contribution in [2.45, 2.75) is 6.54 Å². The Morgan fingerprint density at radius 2 is 1.76 bits per heavy atom. The minimum Gasteiger partial charge on any atom is -0.349 e. The van der Waals surface area contributed by atoms with Crippen LogP contribution in [0, 0.1) is 0 Å². The first-order valence-corrected chi connectivity index (χ1v) is 7.59. The molecule has 0 radical (unpaired) electrons. The van der Waals surface area contributed by atoms with E-state index in [2.05, 4.69) is 27.5 Å². The number of benzene rings is 1. The highest BCUT2D eigenvalue weighted by molar-refractivity contribution is 6.40. The number of nitrogens with zero attached hydrogens (tertiary/aromatic N) is 1. The van der Waals surface area contributed by atoms with Crippen LogP contribution in [0.15, 0.2) is 61.3 Å². The molecule has 2 aromatic rings. The lowest BCUT2D eigenvalue weighted by Crippen LogP contribution is -2.35. The molecule has 0 saturated carbocycles. The van der Waals surface area contributed by atoms with E-state index < -0.39 is 11.8 Å². The fraction of sp³-hybridized carbons (Fsp3) is 0.111. The summed E-state index contributed by atoms with van der Waals surface area (Å²) in [4.78, 5) is 40.1. The van der Waals surface area contributed by atoms with Gasteiger partial charge >= 0.3 is 11.8 Å². The number of rotatable bonds is 6. The topological polar surface area (TPSA) is 100 Å². The average molecular weight is 338 g/mol. The van der Waals surface area contributed by atoms with Gasteiger partial charge in [0.05, 0.1) is 23.5 Å². The first-order chi connectivity index (χ1) is 12.1. The molecule has 0 saturated heterocycles. The normalized spacial score (nSPS) is 9.76. The number of carbonyl (C=O) groups is 3. The van der Waals surface area contributed by atoms with Gasteiger partial charge in [-0.1, -0.05) is 24.3 Å². The zero-order chi connectivity index (χ0) is 18.1. The molecule has 0 atom stereocenters. The molecule has 3 amide bonds. The molecule has 0 bridgehead atoms. The van der Waals surface area contributed by atoms with Crippen molar-refractivity contribution in [3.8, 4) is 0 Å². The minimum atomic E-state index is -0.861. The first kappa shape index (κ1) is 17.9. The molecule has 7 heteroatoms. The summed E-state index contributed by atoms with van der Waals surface area (Å²) in [7, 11) is 0. The smallest absolute Gasteiger partial charge is 0.313 e. The summed E-state index contributed by atoms with van der Waals surface area (Å²) < 4.78 is 0. The van der Waals surface area contributed by atoms with Crippen LogP contribution in [0.1, 0.15) is 16.1 Å². The van der Waals surface area contributed by atoms with Gasteiger partial charge in [-0.05, 0) is 24.3 Å².